The molecule has 0 spiro atoms. The van der Waals surface area contributed by atoms with Crippen molar-refractivity contribution in [2.24, 2.45) is 0 Å². The molecule has 1 atom stereocenters. The predicted octanol–water partition coefficient (Wildman–Crippen LogP) is 4.94. The van der Waals surface area contributed by atoms with E-state index in [0.29, 0.717) is 28.6 Å². The SMILES string of the molecule is CC.COc1cncc(NC(=O)c2nc(N[C@@H](C)c3ccccn3)nc3ccsc23)c1. The van der Waals surface area contributed by atoms with E-state index in [1.165, 1.54) is 11.3 Å². The van der Waals surface area contributed by atoms with Gasteiger partial charge in [-0.05, 0) is 30.5 Å². The number of hydrogen-bond donors (Lipinski definition) is 2. The zero-order valence-corrected chi connectivity index (χ0v) is 18.6. The van der Waals surface area contributed by atoms with Crippen molar-refractivity contribution in [1.29, 1.82) is 0 Å². The molecule has 0 radical (unpaired) electrons. The molecule has 31 heavy (non-hydrogen) atoms. The van der Waals surface area contributed by atoms with Crippen LogP contribution in [0.15, 0.2) is 54.3 Å². The van der Waals surface area contributed by atoms with E-state index in [4.69, 9.17) is 4.74 Å². The van der Waals surface area contributed by atoms with E-state index in [9.17, 15) is 4.79 Å². The lowest BCUT2D eigenvalue weighted by atomic mass is 10.2. The van der Waals surface area contributed by atoms with E-state index in [1.54, 1.807) is 31.8 Å². The summed E-state index contributed by atoms with van der Waals surface area (Å²) in [6, 6.07) is 9.14. The van der Waals surface area contributed by atoms with Crippen LogP contribution in [0.4, 0.5) is 11.6 Å². The molecule has 160 valence electrons. The van der Waals surface area contributed by atoms with Crippen LogP contribution in [-0.2, 0) is 0 Å². The maximum Gasteiger partial charge on any atom is 0.276 e. The first-order valence-electron chi connectivity index (χ1n) is 9.87. The van der Waals surface area contributed by atoms with Gasteiger partial charge >= 0.3 is 0 Å². The molecule has 0 saturated carbocycles. The zero-order valence-electron chi connectivity index (χ0n) is 17.8. The van der Waals surface area contributed by atoms with Gasteiger partial charge in [-0.3, -0.25) is 14.8 Å². The number of amides is 1. The van der Waals surface area contributed by atoms with Crippen molar-refractivity contribution in [3.63, 3.8) is 0 Å². The third-order valence-electron chi connectivity index (χ3n) is 4.20. The Morgan fingerprint density at radius 1 is 1.16 bits per heavy atom. The van der Waals surface area contributed by atoms with Crippen molar-refractivity contribution in [2.75, 3.05) is 17.7 Å². The summed E-state index contributed by atoms with van der Waals surface area (Å²) in [5, 5.41) is 7.93. The molecule has 0 aliphatic heterocycles. The van der Waals surface area contributed by atoms with Gasteiger partial charge in [-0.1, -0.05) is 19.9 Å². The van der Waals surface area contributed by atoms with Crippen molar-refractivity contribution in [3.8, 4) is 5.75 Å². The molecule has 4 aromatic heterocycles. The molecule has 0 aliphatic rings. The number of pyridine rings is 2. The Morgan fingerprint density at radius 2 is 2.00 bits per heavy atom. The molecular formula is C22H24N6O2S. The van der Waals surface area contributed by atoms with Crippen molar-refractivity contribution in [3.05, 3.63) is 65.7 Å². The second-order valence-electron chi connectivity index (χ2n) is 6.22. The van der Waals surface area contributed by atoms with Gasteiger partial charge in [-0.15, -0.1) is 11.3 Å². The van der Waals surface area contributed by atoms with E-state index in [1.807, 2.05) is 50.4 Å². The Labute approximate surface area is 184 Å². The van der Waals surface area contributed by atoms with Gasteiger partial charge in [0, 0.05) is 12.3 Å². The summed E-state index contributed by atoms with van der Waals surface area (Å²) in [5.41, 5.74) is 2.38. The predicted molar refractivity (Wildman–Crippen MR) is 124 cm³/mol. The molecule has 2 N–H and O–H groups in total. The number of carbonyl (C=O) groups excluding carboxylic acids is 1. The van der Waals surface area contributed by atoms with Gasteiger partial charge in [0.2, 0.25) is 5.95 Å². The summed E-state index contributed by atoms with van der Waals surface area (Å²) < 4.78 is 5.87. The van der Waals surface area contributed by atoms with E-state index in [2.05, 4.69) is 30.6 Å². The van der Waals surface area contributed by atoms with Crippen LogP contribution in [0.25, 0.3) is 10.2 Å². The number of rotatable bonds is 6. The highest BCUT2D eigenvalue weighted by molar-refractivity contribution is 7.17. The molecule has 4 aromatic rings. The first-order chi connectivity index (χ1) is 15.1. The van der Waals surface area contributed by atoms with Crippen LogP contribution in [0, 0.1) is 0 Å². The van der Waals surface area contributed by atoms with Gasteiger partial charge in [-0.25, -0.2) is 9.97 Å². The highest BCUT2D eigenvalue weighted by Crippen LogP contribution is 2.26. The Hall–Kier alpha value is -3.59. The lowest BCUT2D eigenvalue weighted by Gasteiger charge is -2.14. The highest BCUT2D eigenvalue weighted by Gasteiger charge is 2.18. The zero-order chi connectivity index (χ0) is 22.2. The summed E-state index contributed by atoms with van der Waals surface area (Å²) >= 11 is 1.42. The Bertz CT molecular complexity index is 1150. The highest BCUT2D eigenvalue weighted by atomic mass is 32.1. The van der Waals surface area contributed by atoms with Gasteiger partial charge in [-0.2, -0.15) is 0 Å². The Balaban J connectivity index is 0.00000132. The van der Waals surface area contributed by atoms with E-state index >= 15 is 0 Å². The summed E-state index contributed by atoms with van der Waals surface area (Å²) in [6.45, 7) is 5.96. The molecule has 9 heteroatoms. The summed E-state index contributed by atoms with van der Waals surface area (Å²) in [5.74, 6) is 0.574. The van der Waals surface area contributed by atoms with Gasteiger partial charge in [0.25, 0.3) is 5.91 Å². The molecule has 1 amide bonds. The minimum atomic E-state index is -0.344. The molecule has 0 aromatic carbocycles. The minimum Gasteiger partial charge on any atom is -0.495 e. The largest absolute Gasteiger partial charge is 0.495 e. The molecule has 0 fully saturated rings. The van der Waals surface area contributed by atoms with E-state index in [0.717, 1.165) is 10.4 Å². The monoisotopic (exact) mass is 436 g/mol. The number of nitrogens with zero attached hydrogens (tertiary/aromatic N) is 4. The second-order valence-corrected chi connectivity index (χ2v) is 7.14. The number of carbonyl (C=O) groups is 1. The molecule has 4 rings (SSSR count). The van der Waals surface area contributed by atoms with Gasteiger partial charge in [0.15, 0.2) is 5.69 Å². The van der Waals surface area contributed by atoms with Crippen LogP contribution in [-0.4, -0.2) is 33.0 Å². The minimum absolute atomic E-state index is 0.120. The quantitative estimate of drug-likeness (QED) is 0.441. The third-order valence-corrected chi connectivity index (χ3v) is 5.11. The molecular weight excluding hydrogens is 412 g/mol. The van der Waals surface area contributed by atoms with Crippen molar-refractivity contribution < 1.29 is 9.53 Å². The van der Waals surface area contributed by atoms with Crippen molar-refractivity contribution in [2.45, 2.75) is 26.8 Å². The number of fused-ring (bicyclic) bond motifs is 1. The summed E-state index contributed by atoms with van der Waals surface area (Å²) in [7, 11) is 1.54. The van der Waals surface area contributed by atoms with E-state index in [-0.39, 0.29) is 11.9 Å². The number of nitrogens with one attached hydrogen (secondary N) is 2. The first-order valence-corrected chi connectivity index (χ1v) is 10.7. The average molecular weight is 437 g/mol. The van der Waals surface area contributed by atoms with Crippen LogP contribution in [0.3, 0.4) is 0 Å². The van der Waals surface area contributed by atoms with Crippen molar-refractivity contribution >= 4 is 39.1 Å². The second kappa shape index (κ2) is 10.4. The van der Waals surface area contributed by atoms with E-state index < -0.39 is 0 Å². The standard InChI is InChI=1S/C20H18N6O2S.C2H6/c1-12(15-5-3-4-7-22-15)23-20-25-16-6-8-29-18(16)17(26-20)19(27)24-13-9-14(28-2)11-21-10-13;1-2/h3-12H,1-2H3,(H,24,27)(H,23,25,26);1-2H3/t12-;/m0./s1. The topological polar surface area (TPSA) is 102 Å². The Kier molecular flexibility index (Phi) is 7.45. The van der Waals surface area contributed by atoms with Crippen LogP contribution in [0.1, 0.15) is 43.0 Å². The molecule has 0 bridgehead atoms. The van der Waals surface area contributed by atoms with Crippen molar-refractivity contribution in [1.82, 2.24) is 19.9 Å². The lowest BCUT2D eigenvalue weighted by molar-refractivity contribution is 0.102. The van der Waals surface area contributed by atoms with Crippen LogP contribution in [0.2, 0.25) is 0 Å². The first kappa shape index (κ1) is 22.1. The number of thiophene rings is 1. The maximum atomic E-state index is 12.9. The molecule has 0 unspecified atom stereocenters. The lowest BCUT2D eigenvalue weighted by Crippen LogP contribution is -2.17. The average Bonchev–Trinajstić information content (AvgIpc) is 3.29. The van der Waals surface area contributed by atoms with Gasteiger partial charge in [0.05, 0.1) is 47.1 Å². The molecule has 0 saturated heterocycles. The number of ether oxygens (including phenoxy) is 1. The van der Waals surface area contributed by atoms with Crippen LogP contribution in [0.5, 0.6) is 5.75 Å². The van der Waals surface area contributed by atoms with Gasteiger partial charge < -0.3 is 15.4 Å². The molecule has 8 nitrogen and oxygen atoms in total. The number of anilines is 2. The fraction of sp³-hybridized carbons (Fsp3) is 0.227. The summed E-state index contributed by atoms with van der Waals surface area (Å²) in [4.78, 5) is 30.3. The number of methoxy groups -OCH3 is 1. The normalized spacial score (nSPS) is 11.2. The smallest absolute Gasteiger partial charge is 0.276 e. The van der Waals surface area contributed by atoms with Gasteiger partial charge in [0.1, 0.15) is 5.75 Å². The number of hydrogen-bond acceptors (Lipinski definition) is 8. The third kappa shape index (κ3) is 5.32. The Morgan fingerprint density at radius 3 is 2.74 bits per heavy atom. The molecule has 0 aliphatic carbocycles. The maximum absolute atomic E-state index is 12.9. The summed E-state index contributed by atoms with van der Waals surface area (Å²) in [6.07, 6.45) is 4.85. The van der Waals surface area contributed by atoms with Crippen LogP contribution >= 0.6 is 11.3 Å². The van der Waals surface area contributed by atoms with Crippen LogP contribution < -0.4 is 15.4 Å². The number of aromatic nitrogens is 4. The molecule has 4 heterocycles. The fourth-order valence-corrected chi connectivity index (χ4v) is 3.59. The fourth-order valence-electron chi connectivity index (χ4n) is 2.77.